The van der Waals surface area contributed by atoms with Crippen molar-refractivity contribution in [3.05, 3.63) is 84.1 Å². The summed E-state index contributed by atoms with van der Waals surface area (Å²) in [4.78, 5) is 12.3. The van der Waals surface area contributed by atoms with Crippen molar-refractivity contribution in [1.82, 2.24) is 0 Å². The van der Waals surface area contributed by atoms with Gasteiger partial charge in [0, 0.05) is 17.3 Å². The monoisotopic (exact) mass is 314 g/mol. The Morgan fingerprint density at radius 2 is 1.88 bits per heavy atom. The number of rotatable bonds is 4. The second-order valence-electron chi connectivity index (χ2n) is 5.07. The Hall–Kier alpha value is -3.58. The number of carbonyl (C=O) groups excluding carboxylic acids is 1. The summed E-state index contributed by atoms with van der Waals surface area (Å²) in [5.41, 5.74) is 2.39. The Balaban J connectivity index is 1.75. The van der Waals surface area contributed by atoms with Crippen LogP contribution in [-0.2, 0) is 0 Å². The van der Waals surface area contributed by atoms with Crippen molar-refractivity contribution in [3.63, 3.8) is 0 Å². The molecule has 0 fully saturated rings. The molecule has 0 aliphatic carbocycles. The van der Waals surface area contributed by atoms with Gasteiger partial charge in [-0.2, -0.15) is 5.26 Å². The van der Waals surface area contributed by atoms with Gasteiger partial charge in [0.2, 0.25) is 0 Å². The van der Waals surface area contributed by atoms with Crippen LogP contribution in [0.15, 0.2) is 77.2 Å². The van der Waals surface area contributed by atoms with Crippen LogP contribution in [0.2, 0.25) is 0 Å². The molecule has 0 saturated carbocycles. The average molecular weight is 314 g/mol. The van der Waals surface area contributed by atoms with Gasteiger partial charge < -0.3 is 9.73 Å². The molecular formula is C20H14N2O2. The molecule has 4 nitrogen and oxygen atoms in total. The maximum atomic E-state index is 12.3. The van der Waals surface area contributed by atoms with Gasteiger partial charge in [0.05, 0.1) is 6.07 Å². The second-order valence-corrected chi connectivity index (χ2v) is 5.07. The standard InChI is InChI=1S/C20H14N2O2/c21-13-5-7-15-6-4-10-17(14-15)22-20(23)19-12-11-18(24-19)16-8-2-1-3-9-16/h1-12,14H,(H,22,23)/b7-5+. The third kappa shape index (κ3) is 3.60. The second kappa shape index (κ2) is 7.12. The van der Waals surface area contributed by atoms with Crippen LogP contribution in [0.4, 0.5) is 5.69 Å². The van der Waals surface area contributed by atoms with Crippen LogP contribution in [0.3, 0.4) is 0 Å². The zero-order valence-corrected chi connectivity index (χ0v) is 12.8. The predicted molar refractivity (Wildman–Crippen MR) is 93.2 cm³/mol. The first-order valence-electron chi connectivity index (χ1n) is 7.39. The van der Waals surface area contributed by atoms with Gasteiger partial charge in [0.1, 0.15) is 5.76 Å². The van der Waals surface area contributed by atoms with E-state index < -0.39 is 0 Å². The van der Waals surface area contributed by atoms with E-state index in [0.29, 0.717) is 11.4 Å². The molecule has 0 atom stereocenters. The molecule has 116 valence electrons. The minimum Gasteiger partial charge on any atom is -0.451 e. The molecule has 0 radical (unpaired) electrons. The van der Waals surface area contributed by atoms with E-state index in [4.69, 9.17) is 9.68 Å². The molecule has 0 unspecified atom stereocenters. The Bertz CT molecular complexity index is 918. The SMILES string of the molecule is N#C/C=C/c1cccc(NC(=O)c2ccc(-c3ccccc3)o2)c1. The van der Waals surface area contributed by atoms with Crippen molar-refractivity contribution < 1.29 is 9.21 Å². The number of furan rings is 1. The maximum absolute atomic E-state index is 12.3. The topological polar surface area (TPSA) is 66.0 Å². The zero-order chi connectivity index (χ0) is 16.8. The summed E-state index contributed by atoms with van der Waals surface area (Å²) < 4.78 is 5.63. The molecule has 0 spiro atoms. The molecule has 0 aliphatic rings. The average Bonchev–Trinajstić information content (AvgIpc) is 3.11. The van der Waals surface area contributed by atoms with Crippen molar-refractivity contribution in [1.29, 1.82) is 5.26 Å². The zero-order valence-electron chi connectivity index (χ0n) is 12.8. The maximum Gasteiger partial charge on any atom is 0.291 e. The Kier molecular flexibility index (Phi) is 4.55. The summed E-state index contributed by atoms with van der Waals surface area (Å²) >= 11 is 0. The van der Waals surface area contributed by atoms with Crippen LogP contribution in [0, 0.1) is 11.3 Å². The molecule has 3 aromatic rings. The lowest BCUT2D eigenvalue weighted by molar-refractivity contribution is 0.0997. The number of allylic oxidation sites excluding steroid dienone is 1. The largest absolute Gasteiger partial charge is 0.451 e. The Labute approximate surface area is 139 Å². The van der Waals surface area contributed by atoms with E-state index in [-0.39, 0.29) is 11.7 Å². The van der Waals surface area contributed by atoms with Crippen LogP contribution >= 0.6 is 0 Å². The van der Waals surface area contributed by atoms with Crippen LogP contribution in [0.5, 0.6) is 0 Å². The van der Waals surface area contributed by atoms with Crippen LogP contribution < -0.4 is 5.32 Å². The lowest BCUT2D eigenvalue weighted by Gasteiger charge is -2.04. The smallest absolute Gasteiger partial charge is 0.291 e. The van der Waals surface area contributed by atoms with E-state index in [1.807, 2.05) is 48.5 Å². The first-order chi connectivity index (χ1) is 11.8. The van der Waals surface area contributed by atoms with E-state index >= 15 is 0 Å². The number of nitrogens with zero attached hydrogens (tertiary/aromatic N) is 1. The van der Waals surface area contributed by atoms with E-state index in [1.54, 1.807) is 30.3 Å². The molecule has 3 rings (SSSR count). The molecule has 0 bridgehead atoms. The van der Waals surface area contributed by atoms with E-state index in [0.717, 1.165) is 11.1 Å². The third-order valence-corrected chi connectivity index (χ3v) is 3.38. The molecule has 4 heteroatoms. The summed E-state index contributed by atoms with van der Waals surface area (Å²) in [7, 11) is 0. The molecule has 1 aromatic heterocycles. The molecule has 2 aromatic carbocycles. The van der Waals surface area contributed by atoms with Crippen LogP contribution in [0.25, 0.3) is 17.4 Å². The van der Waals surface area contributed by atoms with Gasteiger partial charge in [-0.3, -0.25) is 4.79 Å². The number of nitriles is 1. The normalized spacial score (nSPS) is 10.5. The van der Waals surface area contributed by atoms with Gasteiger partial charge in [0.25, 0.3) is 5.91 Å². The molecule has 1 N–H and O–H groups in total. The minimum atomic E-state index is -0.321. The van der Waals surface area contributed by atoms with Crippen molar-refractivity contribution in [2.24, 2.45) is 0 Å². The summed E-state index contributed by atoms with van der Waals surface area (Å²) in [5, 5.41) is 11.4. The fourth-order valence-electron chi connectivity index (χ4n) is 2.26. The summed E-state index contributed by atoms with van der Waals surface area (Å²) in [5.74, 6) is 0.567. The van der Waals surface area contributed by atoms with Gasteiger partial charge in [0.15, 0.2) is 5.76 Å². The van der Waals surface area contributed by atoms with Crippen LogP contribution in [0.1, 0.15) is 16.1 Å². The third-order valence-electron chi connectivity index (χ3n) is 3.38. The van der Waals surface area contributed by atoms with E-state index in [1.165, 1.54) is 6.08 Å². The Morgan fingerprint density at radius 3 is 2.67 bits per heavy atom. The first-order valence-corrected chi connectivity index (χ1v) is 7.39. The molecule has 1 heterocycles. The number of hydrogen-bond donors (Lipinski definition) is 1. The predicted octanol–water partition coefficient (Wildman–Crippen LogP) is 4.74. The summed E-state index contributed by atoms with van der Waals surface area (Å²) in [6.07, 6.45) is 3.07. The molecular weight excluding hydrogens is 300 g/mol. The van der Waals surface area contributed by atoms with E-state index in [2.05, 4.69) is 5.32 Å². The summed E-state index contributed by atoms with van der Waals surface area (Å²) in [6, 6.07) is 22.2. The number of amides is 1. The highest BCUT2D eigenvalue weighted by atomic mass is 16.3. The van der Waals surface area contributed by atoms with Gasteiger partial charge in [-0.1, -0.05) is 42.5 Å². The molecule has 1 amide bonds. The molecule has 0 saturated heterocycles. The fraction of sp³-hybridized carbons (Fsp3) is 0. The highest BCUT2D eigenvalue weighted by Gasteiger charge is 2.12. The van der Waals surface area contributed by atoms with Gasteiger partial charge in [-0.05, 0) is 35.9 Å². The van der Waals surface area contributed by atoms with Crippen molar-refractivity contribution in [3.8, 4) is 17.4 Å². The van der Waals surface area contributed by atoms with Gasteiger partial charge in [-0.25, -0.2) is 0 Å². The van der Waals surface area contributed by atoms with Crippen molar-refractivity contribution in [2.75, 3.05) is 5.32 Å². The first kappa shape index (κ1) is 15.3. The summed E-state index contributed by atoms with van der Waals surface area (Å²) in [6.45, 7) is 0. The lowest BCUT2D eigenvalue weighted by Crippen LogP contribution is -2.10. The number of benzene rings is 2. The quantitative estimate of drug-likeness (QED) is 0.708. The minimum absolute atomic E-state index is 0.242. The van der Waals surface area contributed by atoms with Gasteiger partial charge >= 0.3 is 0 Å². The lowest BCUT2D eigenvalue weighted by atomic mass is 10.2. The van der Waals surface area contributed by atoms with E-state index in [9.17, 15) is 4.79 Å². The van der Waals surface area contributed by atoms with Crippen LogP contribution in [-0.4, -0.2) is 5.91 Å². The molecule has 24 heavy (non-hydrogen) atoms. The van der Waals surface area contributed by atoms with Gasteiger partial charge in [-0.15, -0.1) is 0 Å². The number of anilines is 1. The Morgan fingerprint density at radius 1 is 1.04 bits per heavy atom. The van der Waals surface area contributed by atoms with Crippen molar-refractivity contribution in [2.45, 2.75) is 0 Å². The van der Waals surface area contributed by atoms with Crippen molar-refractivity contribution >= 4 is 17.7 Å². The fourth-order valence-corrected chi connectivity index (χ4v) is 2.26. The number of carbonyl (C=O) groups is 1. The highest BCUT2D eigenvalue weighted by Crippen LogP contribution is 2.22. The number of nitrogens with one attached hydrogen (secondary N) is 1. The molecule has 0 aliphatic heterocycles. The highest BCUT2D eigenvalue weighted by molar-refractivity contribution is 6.02. The number of hydrogen-bond acceptors (Lipinski definition) is 3.